The van der Waals surface area contributed by atoms with Gasteiger partial charge in [0.05, 0.1) is 5.41 Å². The van der Waals surface area contributed by atoms with Crippen molar-refractivity contribution in [2.75, 3.05) is 0 Å². The lowest BCUT2D eigenvalue weighted by Crippen LogP contribution is -2.61. The molecule has 180 valence electrons. The number of hydrogen-bond donors (Lipinski definition) is 1. The minimum atomic E-state index is -5.97. The van der Waals surface area contributed by atoms with Gasteiger partial charge in [0.15, 0.2) is 0 Å². The lowest BCUT2D eigenvalue weighted by molar-refractivity contribution is -0.375. The molecular formula is C22H32F6O3. The first-order chi connectivity index (χ1) is 13.9. The number of carbonyl (C=O) groups is 1. The van der Waals surface area contributed by atoms with Crippen molar-refractivity contribution < 1.29 is 41.0 Å². The smallest absolute Gasteiger partial charge is 0.426 e. The molecule has 0 heterocycles. The second-order valence-electron chi connectivity index (χ2n) is 11.0. The minimum Gasteiger partial charge on any atom is -0.459 e. The Morgan fingerprint density at radius 2 is 1.29 bits per heavy atom. The first kappa shape index (κ1) is 24.6. The standard InChI is InChI=1S/C22H32F6O3/c1-5-18(4,12-20(30,21(23,24)25)22(26,27)28)16(29)31-17(2,3)19-9-13-6-14(10-19)8-15(7-13)11-19/h13-15,30H,5-12H2,1-4H3. The largest absolute Gasteiger partial charge is 0.459 e. The summed E-state index contributed by atoms with van der Waals surface area (Å²) >= 11 is 0. The van der Waals surface area contributed by atoms with Crippen LogP contribution in [0.3, 0.4) is 0 Å². The van der Waals surface area contributed by atoms with Crippen molar-refractivity contribution in [2.24, 2.45) is 28.6 Å². The fourth-order valence-electron chi connectivity index (χ4n) is 6.58. The Balaban J connectivity index is 1.84. The SMILES string of the molecule is CCC(C)(CC(O)(C(F)(F)F)C(F)(F)F)C(=O)OC(C)(C)C12CC3CC(CC(C3)C1)C2. The maximum Gasteiger partial charge on any atom is 0.426 e. The Morgan fingerprint density at radius 3 is 1.61 bits per heavy atom. The molecule has 0 aromatic heterocycles. The van der Waals surface area contributed by atoms with Crippen LogP contribution in [0, 0.1) is 28.6 Å². The molecule has 0 aromatic rings. The summed E-state index contributed by atoms with van der Waals surface area (Å²) in [6.45, 7) is 5.79. The van der Waals surface area contributed by atoms with E-state index in [9.17, 15) is 36.2 Å². The van der Waals surface area contributed by atoms with Gasteiger partial charge in [-0.3, -0.25) is 4.79 Å². The van der Waals surface area contributed by atoms with Gasteiger partial charge in [-0.25, -0.2) is 0 Å². The molecule has 4 saturated carbocycles. The van der Waals surface area contributed by atoms with Gasteiger partial charge < -0.3 is 9.84 Å². The first-order valence-electron chi connectivity index (χ1n) is 11.0. The highest BCUT2D eigenvalue weighted by atomic mass is 19.4. The van der Waals surface area contributed by atoms with Crippen LogP contribution in [-0.4, -0.2) is 34.6 Å². The third-order valence-corrected chi connectivity index (χ3v) is 8.52. The van der Waals surface area contributed by atoms with Crippen LogP contribution in [0.15, 0.2) is 0 Å². The highest BCUT2D eigenvalue weighted by Gasteiger charge is 2.72. The van der Waals surface area contributed by atoms with Crippen LogP contribution in [-0.2, 0) is 9.53 Å². The quantitative estimate of drug-likeness (QED) is 0.382. The van der Waals surface area contributed by atoms with Crippen LogP contribution in [0.5, 0.6) is 0 Å². The lowest BCUT2D eigenvalue weighted by atomic mass is 9.46. The van der Waals surface area contributed by atoms with Crippen molar-refractivity contribution >= 4 is 5.97 Å². The van der Waals surface area contributed by atoms with Gasteiger partial charge in [-0.05, 0) is 83.5 Å². The van der Waals surface area contributed by atoms with Gasteiger partial charge in [0.2, 0.25) is 0 Å². The fraction of sp³-hybridized carbons (Fsp3) is 0.955. The number of esters is 1. The van der Waals surface area contributed by atoms with E-state index in [0.717, 1.165) is 45.4 Å². The van der Waals surface area contributed by atoms with Crippen molar-refractivity contribution in [3.05, 3.63) is 0 Å². The molecule has 0 amide bonds. The molecule has 0 radical (unpaired) electrons. The summed E-state index contributed by atoms with van der Waals surface area (Å²) in [4.78, 5) is 13.1. The number of carbonyl (C=O) groups excluding carboxylic acids is 1. The summed E-state index contributed by atoms with van der Waals surface area (Å²) in [7, 11) is 0. The summed E-state index contributed by atoms with van der Waals surface area (Å²) in [6, 6.07) is 0. The summed E-state index contributed by atoms with van der Waals surface area (Å²) in [5.41, 5.74) is -8.48. The predicted octanol–water partition coefficient (Wildman–Crippen LogP) is 6.19. The molecule has 4 fully saturated rings. The maximum atomic E-state index is 13.3. The Kier molecular flexibility index (Phi) is 5.77. The number of aliphatic hydroxyl groups is 1. The second kappa shape index (κ2) is 7.26. The molecule has 1 atom stereocenters. The maximum absolute atomic E-state index is 13.3. The van der Waals surface area contributed by atoms with Crippen molar-refractivity contribution in [3.8, 4) is 0 Å². The highest BCUT2D eigenvalue weighted by Crippen LogP contribution is 2.64. The van der Waals surface area contributed by atoms with Crippen molar-refractivity contribution in [2.45, 2.75) is 103 Å². The minimum absolute atomic E-state index is 0.309. The molecule has 4 rings (SSSR count). The van der Waals surface area contributed by atoms with E-state index in [1.165, 1.54) is 6.92 Å². The molecule has 4 aliphatic carbocycles. The summed E-state index contributed by atoms with van der Waals surface area (Å²) < 4.78 is 85.3. The van der Waals surface area contributed by atoms with Crippen molar-refractivity contribution in [1.82, 2.24) is 0 Å². The zero-order valence-corrected chi connectivity index (χ0v) is 18.4. The summed E-state index contributed by atoms with van der Waals surface area (Å²) in [5, 5.41) is 9.67. The number of alkyl halides is 6. The molecule has 1 unspecified atom stereocenters. The normalized spacial score (nSPS) is 33.3. The van der Waals surface area contributed by atoms with Crippen molar-refractivity contribution in [3.63, 3.8) is 0 Å². The van der Waals surface area contributed by atoms with Crippen LogP contribution in [0.2, 0.25) is 0 Å². The molecule has 9 heteroatoms. The first-order valence-corrected chi connectivity index (χ1v) is 11.0. The zero-order chi connectivity index (χ0) is 23.7. The zero-order valence-electron chi connectivity index (χ0n) is 18.4. The van der Waals surface area contributed by atoms with Crippen LogP contribution < -0.4 is 0 Å². The monoisotopic (exact) mass is 458 g/mol. The van der Waals surface area contributed by atoms with Gasteiger partial charge in [-0.1, -0.05) is 6.92 Å². The van der Waals surface area contributed by atoms with Gasteiger partial charge in [0, 0.05) is 11.8 Å². The summed E-state index contributed by atoms with van der Waals surface area (Å²) in [6.07, 6.45) is -8.13. The Hall–Kier alpha value is -0.990. The average Bonchev–Trinajstić information content (AvgIpc) is 2.57. The third kappa shape index (κ3) is 3.97. The van der Waals surface area contributed by atoms with Gasteiger partial charge in [0.25, 0.3) is 5.60 Å². The highest BCUT2D eigenvalue weighted by molar-refractivity contribution is 5.77. The molecule has 0 aromatic carbocycles. The molecule has 0 saturated heterocycles. The average molecular weight is 458 g/mol. The third-order valence-electron chi connectivity index (χ3n) is 8.52. The van der Waals surface area contributed by atoms with Crippen LogP contribution >= 0.6 is 0 Å². The van der Waals surface area contributed by atoms with Gasteiger partial charge >= 0.3 is 18.3 Å². The molecule has 31 heavy (non-hydrogen) atoms. The van der Waals surface area contributed by atoms with Crippen molar-refractivity contribution in [1.29, 1.82) is 0 Å². The second-order valence-corrected chi connectivity index (χ2v) is 11.0. The van der Waals surface area contributed by atoms with E-state index in [2.05, 4.69) is 0 Å². The number of halogens is 6. The lowest BCUT2D eigenvalue weighted by Gasteiger charge is -2.61. The summed E-state index contributed by atoms with van der Waals surface area (Å²) in [5.74, 6) is 0.467. The number of rotatable bonds is 6. The van der Waals surface area contributed by atoms with E-state index in [0.29, 0.717) is 17.8 Å². The van der Waals surface area contributed by atoms with Crippen LogP contribution in [0.4, 0.5) is 26.3 Å². The number of ether oxygens (including phenoxy) is 1. The Morgan fingerprint density at radius 1 is 0.903 bits per heavy atom. The van der Waals surface area contributed by atoms with Gasteiger partial charge in [0.1, 0.15) is 5.60 Å². The predicted molar refractivity (Wildman–Crippen MR) is 101 cm³/mol. The van der Waals surface area contributed by atoms with E-state index >= 15 is 0 Å². The van der Waals surface area contributed by atoms with Crippen LogP contribution in [0.25, 0.3) is 0 Å². The van der Waals surface area contributed by atoms with E-state index in [-0.39, 0.29) is 11.8 Å². The topological polar surface area (TPSA) is 46.5 Å². The van der Waals surface area contributed by atoms with E-state index in [1.807, 2.05) is 0 Å². The van der Waals surface area contributed by atoms with Crippen LogP contribution in [0.1, 0.15) is 79.1 Å². The fourth-order valence-corrected chi connectivity index (χ4v) is 6.58. The Bertz CT molecular complexity index is 662. The van der Waals surface area contributed by atoms with Gasteiger partial charge in [-0.2, -0.15) is 26.3 Å². The molecule has 3 nitrogen and oxygen atoms in total. The molecule has 0 aliphatic heterocycles. The molecule has 1 N–H and O–H groups in total. The molecule has 4 bridgehead atoms. The van der Waals surface area contributed by atoms with Gasteiger partial charge in [-0.15, -0.1) is 0 Å². The molecular weight excluding hydrogens is 426 g/mol. The number of hydrogen-bond acceptors (Lipinski definition) is 3. The molecule has 0 spiro atoms. The van der Waals surface area contributed by atoms with E-state index in [4.69, 9.17) is 4.74 Å². The Labute approximate surface area is 178 Å². The van der Waals surface area contributed by atoms with E-state index in [1.54, 1.807) is 13.8 Å². The van der Waals surface area contributed by atoms with E-state index < -0.39 is 41.4 Å². The molecule has 4 aliphatic rings.